The number of fused-ring (bicyclic) bond motifs is 1. The molecule has 0 aromatic heterocycles. The van der Waals surface area contributed by atoms with Crippen molar-refractivity contribution in [1.82, 2.24) is 0 Å². The van der Waals surface area contributed by atoms with E-state index in [0.717, 1.165) is 0 Å². The van der Waals surface area contributed by atoms with Crippen LogP contribution in [0.25, 0.3) is 5.57 Å². The van der Waals surface area contributed by atoms with E-state index in [1.54, 1.807) is 0 Å². The maximum absolute atomic E-state index is 12.3. The van der Waals surface area contributed by atoms with Gasteiger partial charge in [0.15, 0.2) is 0 Å². The van der Waals surface area contributed by atoms with E-state index in [2.05, 4.69) is 0 Å². The molecule has 0 unspecified atom stereocenters. The van der Waals surface area contributed by atoms with Gasteiger partial charge in [-0.2, -0.15) is 13.2 Å². The summed E-state index contributed by atoms with van der Waals surface area (Å²) in [4.78, 5) is 0. The second kappa shape index (κ2) is 3.73. The average molecular weight is 230 g/mol. The lowest BCUT2D eigenvalue weighted by Gasteiger charge is -2.19. The molecule has 1 N–H and O–H groups in total. The van der Waals surface area contributed by atoms with Crippen molar-refractivity contribution in [1.29, 1.82) is 0 Å². The van der Waals surface area contributed by atoms with Crippen LogP contribution in [0.1, 0.15) is 12.0 Å². The number of phenols is 1. The van der Waals surface area contributed by atoms with Crippen LogP contribution in [0.15, 0.2) is 24.3 Å². The molecule has 16 heavy (non-hydrogen) atoms. The molecule has 1 aromatic carbocycles. The lowest BCUT2D eigenvalue weighted by atomic mass is 9.99. The van der Waals surface area contributed by atoms with E-state index in [0.29, 0.717) is 11.3 Å². The topological polar surface area (TPSA) is 29.5 Å². The Morgan fingerprint density at radius 2 is 2.06 bits per heavy atom. The van der Waals surface area contributed by atoms with Crippen LogP contribution in [-0.2, 0) is 0 Å². The molecule has 0 atom stereocenters. The summed E-state index contributed by atoms with van der Waals surface area (Å²) in [5.74, 6) is 0.303. The zero-order chi connectivity index (χ0) is 11.8. The van der Waals surface area contributed by atoms with E-state index >= 15 is 0 Å². The van der Waals surface area contributed by atoms with E-state index < -0.39 is 12.6 Å². The first kappa shape index (κ1) is 10.9. The maximum Gasteiger partial charge on any atom is 0.393 e. The summed E-state index contributed by atoms with van der Waals surface area (Å²) in [5.41, 5.74) is 0.452. The fourth-order valence-corrected chi connectivity index (χ4v) is 1.62. The van der Waals surface area contributed by atoms with Gasteiger partial charge in [-0.15, -0.1) is 0 Å². The number of aromatic hydroxyl groups is 1. The van der Waals surface area contributed by atoms with Crippen molar-refractivity contribution in [3.05, 3.63) is 29.8 Å². The number of hydrogen-bond acceptors (Lipinski definition) is 2. The number of halogens is 3. The summed E-state index contributed by atoms with van der Waals surface area (Å²) < 4.78 is 42.0. The summed E-state index contributed by atoms with van der Waals surface area (Å²) in [5, 5.41) is 9.24. The van der Waals surface area contributed by atoms with Gasteiger partial charge >= 0.3 is 6.18 Å². The van der Waals surface area contributed by atoms with Crippen LogP contribution in [0.3, 0.4) is 0 Å². The third-order valence-electron chi connectivity index (χ3n) is 2.27. The first-order chi connectivity index (χ1) is 7.46. The highest BCUT2D eigenvalue weighted by Crippen LogP contribution is 2.38. The van der Waals surface area contributed by atoms with Gasteiger partial charge in [-0.3, -0.25) is 0 Å². The van der Waals surface area contributed by atoms with Gasteiger partial charge in [0.25, 0.3) is 0 Å². The largest absolute Gasteiger partial charge is 0.508 e. The zero-order valence-corrected chi connectivity index (χ0v) is 8.21. The first-order valence-electron chi connectivity index (χ1n) is 4.68. The van der Waals surface area contributed by atoms with Crippen molar-refractivity contribution in [3.8, 4) is 11.5 Å². The van der Waals surface area contributed by atoms with Gasteiger partial charge in [0.2, 0.25) is 0 Å². The van der Waals surface area contributed by atoms with Gasteiger partial charge in [-0.1, -0.05) is 0 Å². The number of rotatable bonds is 1. The fourth-order valence-electron chi connectivity index (χ4n) is 1.62. The van der Waals surface area contributed by atoms with Crippen molar-refractivity contribution >= 4 is 5.57 Å². The van der Waals surface area contributed by atoms with E-state index in [1.807, 2.05) is 0 Å². The summed E-state index contributed by atoms with van der Waals surface area (Å²) >= 11 is 0. The molecular formula is C11H9F3O2. The maximum atomic E-state index is 12.3. The molecule has 0 radical (unpaired) electrons. The van der Waals surface area contributed by atoms with Crippen LogP contribution >= 0.6 is 0 Å². The molecular weight excluding hydrogens is 221 g/mol. The Morgan fingerprint density at radius 3 is 2.75 bits per heavy atom. The van der Waals surface area contributed by atoms with Crippen LogP contribution in [0.4, 0.5) is 13.2 Å². The fraction of sp³-hybridized carbons (Fsp3) is 0.273. The third kappa shape index (κ3) is 2.29. The van der Waals surface area contributed by atoms with Crippen LogP contribution in [0.2, 0.25) is 0 Å². The number of phenolic OH excluding ortho intramolecular Hbond substituents is 1. The van der Waals surface area contributed by atoms with Gasteiger partial charge in [0.1, 0.15) is 18.1 Å². The normalized spacial score (nSPS) is 15.1. The summed E-state index contributed by atoms with van der Waals surface area (Å²) in [6.07, 6.45) is -3.88. The molecule has 0 spiro atoms. The minimum Gasteiger partial charge on any atom is -0.508 e. The van der Waals surface area contributed by atoms with E-state index in [-0.39, 0.29) is 17.9 Å². The van der Waals surface area contributed by atoms with Crippen molar-refractivity contribution in [3.63, 3.8) is 0 Å². The molecule has 0 saturated carbocycles. The lowest BCUT2D eigenvalue weighted by Crippen LogP contribution is -2.12. The second-order valence-electron chi connectivity index (χ2n) is 3.51. The van der Waals surface area contributed by atoms with Crippen molar-refractivity contribution in [2.24, 2.45) is 0 Å². The van der Waals surface area contributed by atoms with Crippen molar-refractivity contribution in [2.75, 3.05) is 6.61 Å². The van der Waals surface area contributed by atoms with Gasteiger partial charge in [-0.25, -0.2) is 0 Å². The molecule has 1 aliphatic rings. The highest BCUT2D eigenvalue weighted by atomic mass is 19.4. The molecule has 2 nitrogen and oxygen atoms in total. The predicted molar refractivity (Wildman–Crippen MR) is 52.3 cm³/mol. The monoisotopic (exact) mass is 230 g/mol. The molecule has 5 heteroatoms. The van der Waals surface area contributed by atoms with E-state index in [1.165, 1.54) is 24.3 Å². The molecule has 0 amide bonds. The predicted octanol–water partition coefficient (Wildman–Crippen LogP) is 3.12. The van der Waals surface area contributed by atoms with Gasteiger partial charge < -0.3 is 9.84 Å². The van der Waals surface area contributed by atoms with Gasteiger partial charge in [0, 0.05) is 5.56 Å². The van der Waals surface area contributed by atoms with Crippen molar-refractivity contribution < 1.29 is 23.0 Å². The molecule has 1 aliphatic heterocycles. The smallest absolute Gasteiger partial charge is 0.393 e. The molecule has 0 aliphatic carbocycles. The third-order valence-corrected chi connectivity index (χ3v) is 2.27. The second-order valence-corrected chi connectivity index (χ2v) is 3.51. The van der Waals surface area contributed by atoms with Crippen molar-refractivity contribution in [2.45, 2.75) is 12.6 Å². The Kier molecular flexibility index (Phi) is 2.53. The lowest BCUT2D eigenvalue weighted by molar-refractivity contribution is -0.123. The Morgan fingerprint density at radius 1 is 1.31 bits per heavy atom. The summed E-state index contributed by atoms with van der Waals surface area (Å²) in [6, 6.07) is 4.13. The Hall–Kier alpha value is -1.65. The molecule has 86 valence electrons. The molecule has 1 heterocycles. The molecule has 0 bridgehead atoms. The molecule has 2 rings (SSSR count). The van der Waals surface area contributed by atoms with E-state index in [9.17, 15) is 18.3 Å². The van der Waals surface area contributed by atoms with Crippen LogP contribution in [0.5, 0.6) is 11.5 Å². The average Bonchev–Trinajstić information content (AvgIpc) is 2.17. The number of allylic oxidation sites excluding steroid dienone is 1. The van der Waals surface area contributed by atoms with Crippen LogP contribution in [0, 0.1) is 0 Å². The zero-order valence-electron chi connectivity index (χ0n) is 8.21. The summed E-state index contributed by atoms with van der Waals surface area (Å²) in [7, 11) is 0. The minimum atomic E-state index is -4.26. The van der Waals surface area contributed by atoms with Gasteiger partial charge in [-0.05, 0) is 29.8 Å². The quantitative estimate of drug-likeness (QED) is 0.803. The Bertz CT molecular complexity index is 435. The van der Waals surface area contributed by atoms with Crippen LogP contribution < -0.4 is 4.74 Å². The molecule has 0 saturated heterocycles. The SMILES string of the molecule is Oc1ccc2c(c1)C(CC(F)(F)F)=CCO2. The van der Waals surface area contributed by atoms with Gasteiger partial charge in [0.05, 0.1) is 6.42 Å². The number of benzene rings is 1. The number of ether oxygens (including phenoxy) is 1. The standard InChI is InChI=1S/C11H9F3O2/c12-11(13,14)6-7-3-4-16-10-2-1-8(15)5-9(7)10/h1-3,5,15H,4,6H2. The number of hydrogen-bond donors (Lipinski definition) is 1. The Balaban J connectivity index is 2.36. The van der Waals surface area contributed by atoms with E-state index in [4.69, 9.17) is 4.74 Å². The highest BCUT2D eigenvalue weighted by molar-refractivity contribution is 5.73. The molecule has 0 fully saturated rings. The number of alkyl halides is 3. The summed E-state index contributed by atoms with van der Waals surface area (Å²) in [6.45, 7) is 0.128. The Labute approximate surface area is 90.0 Å². The van der Waals surface area contributed by atoms with Crippen LogP contribution in [-0.4, -0.2) is 17.9 Å². The first-order valence-corrected chi connectivity index (χ1v) is 4.68. The highest BCUT2D eigenvalue weighted by Gasteiger charge is 2.31. The minimum absolute atomic E-state index is 0.0719. The molecule has 1 aromatic rings.